The van der Waals surface area contributed by atoms with Gasteiger partial charge in [0.25, 0.3) is 5.91 Å². The first kappa shape index (κ1) is 15.9. The number of benzene rings is 1. The molecule has 2 aromatic rings. The Kier molecular flexibility index (Phi) is 4.75. The van der Waals surface area contributed by atoms with Crippen molar-refractivity contribution >= 4 is 5.91 Å². The third-order valence-corrected chi connectivity index (χ3v) is 3.29. The van der Waals surface area contributed by atoms with Crippen LogP contribution >= 0.6 is 0 Å². The second kappa shape index (κ2) is 6.56. The van der Waals surface area contributed by atoms with Crippen molar-refractivity contribution in [3.8, 4) is 5.75 Å². The molecule has 0 spiro atoms. The zero-order valence-corrected chi connectivity index (χ0v) is 13.4. The molecule has 0 bridgehead atoms. The maximum absolute atomic E-state index is 12.3. The van der Waals surface area contributed by atoms with Gasteiger partial charge in [-0.3, -0.25) is 4.79 Å². The molecule has 0 fully saturated rings. The van der Waals surface area contributed by atoms with Gasteiger partial charge in [0.2, 0.25) is 0 Å². The van der Waals surface area contributed by atoms with E-state index in [1.54, 1.807) is 25.4 Å². The van der Waals surface area contributed by atoms with Gasteiger partial charge in [0.15, 0.2) is 0 Å². The van der Waals surface area contributed by atoms with Crippen LogP contribution in [0.3, 0.4) is 0 Å². The number of para-hydroxylation sites is 1. The molecule has 0 aliphatic heterocycles. The topological polar surface area (TPSA) is 64.1 Å². The number of hydrogen-bond donors (Lipinski definition) is 1. The van der Waals surface area contributed by atoms with E-state index in [-0.39, 0.29) is 11.3 Å². The van der Waals surface area contributed by atoms with Gasteiger partial charge < -0.3 is 10.1 Å². The Hall–Kier alpha value is -2.43. The number of amides is 1. The summed E-state index contributed by atoms with van der Waals surface area (Å²) in [6.07, 6.45) is 3.28. The number of carbonyl (C=O) groups is 1. The third kappa shape index (κ3) is 3.61. The molecule has 1 amide bonds. The molecule has 0 saturated heterocycles. The van der Waals surface area contributed by atoms with Crippen molar-refractivity contribution in [1.29, 1.82) is 0 Å². The fourth-order valence-corrected chi connectivity index (χ4v) is 2.27. The van der Waals surface area contributed by atoms with Gasteiger partial charge in [-0.05, 0) is 12.1 Å². The molecule has 0 saturated carbocycles. The Morgan fingerprint density at radius 1 is 1.27 bits per heavy atom. The van der Waals surface area contributed by atoms with Crippen LogP contribution in [0.25, 0.3) is 0 Å². The van der Waals surface area contributed by atoms with E-state index < -0.39 is 0 Å². The summed E-state index contributed by atoms with van der Waals surface area (Å²) in [4.78, 5) is 20.7. The highest BCUT2D eigenvalue weighted by atomic mass is 16.5. The normalized spacial score (nSPS) is 11.1. The summed E-state index contributed by atoms with van der Waals surface area (Å²) in [5.41, 5.74) is 2.26. The quantitative estimate of drug-likeness (QED) is 0.943. The van der Waals surface area contributed by atoms with E-state index in [0.29, 0.717) is 17.9 Å². The van der Waals surface area contributed by atoms with Crippen LogP contribution in [0.2, 0.25) is 0 Å². The highest BCUT2D eigenvalue weighted by Gasteiger charge is 2.20. The standard InChI is InChI=1S/C17H21N3O2/c1-17(2,3)15-12(9-18-11-20-15)10-19-16(21)13-7-5-6-8-14(13)22-4/h5-9,11H,10H2,1-4H3,(H,19,21). The van der Waals surface area contributed by atoms with Crippen molar-refractivity contribution in [2.75, 3.05) is 7.11 Å². The van der Waals surface area contributed by atoms with Gasteiger partial charge in [0, 0.05) is 23.7 Å². The molecule has 0 atom stereocenters. The first-order valence-corrected chi connectivity index (χ1v) is 7.14. The summed E-state index contributed by atoms with van der Waals surface area (Å²) in [6, 6.07) is 7.14. The molecule has 0 radical (unpaired) electrons. The second-order valence-electron chi connectivity index (χ2n) is 6.03. The van der Waals surface area contributed by atoms with Crippen LogP contribution in [0, 0.1) is 0 Å². The number of hydrogen-bond acceptors (Lipinski definition) is 4. The van der Waals surface area contributed by atoms with Crippen LogP contribution in [0.1, 0.15) is 42.4 Å². The van der Waals surface area contributed by atoms with Gasteiger partial charge in [-0.25, -0.2) is 9.97 Å². The maximum atomic E-state index is 12.3. The Balaban J connectivity index is 2.16. The van der Waals surface area contributed by atoms with Crippen LogP contribution in [0.15, 0.2) is 36.8 Å². The molecule has 5 heteroatoms. The summed E-state index contributed by atoms with van der Waals surface area (Å²) in [7, 11) is 1.55. The molecular formula is C17H21N3O2. The van der Waals surface area contributed by atoms with Gasteiger partial charge in [-0.15, -0.1) is 0 Å². The van der Waals surface area contributed by atoms with Gasteiger partial charge in [-0.1, -0.05) is 32.9 Å². The van der Waals surface area contributed by atoms with Gasteiger partial charge in [0.1, 0.15) is 12.1 Å². The highest BCUT2D eigenvalue weighted by molar-refractivity contribution is 5.96. The number of aromatic nitrogens is 2. The number of ether oxygens (including phenoxy) is 1. The van der Waals surface area contributed by atoms with Crippen molar-refractivity contribution < 1.29 is 9.53 Å². The largest absolute Gasteiger partial charge is 0.496 e. The smallest absolute Gasteiger partial charge is 0.255 e. The molecular weight excluding hydrogens is 278 g/mol. The number of methoxy groups -OCH3 is 1. The van der Waals surface area contributed by atoms with Crippen LogP contribution in [0.5, 0.6) is 5.75 Å². The predicted octanol–water partition coefficient (Wildman–Crippen LogP) is 2.71. The van der Waals surface area contributed by atoms with E-state index >= 15 is 0 Å². The zero-order valence-electron chi connectivity index (χ0n) is 13.4. The van der Waals surface area contributed by atoms with Crippen molar-refractivity contribution in [2.45, 2.75) is 32.7 Å². The molecule has 0 aliphatic rings. The van der Waals surface area contributed by atoms with Crippen LogP contribution < -0.4 is 10.1 Å². The number of carbonyl (C=O) groups excluding carboxylic acids is 1. The number of nitrogens with one attached hydrogen (secondary N) is 1. The predicted molar refractivity (Wildman–Crippen MR) is 84.9 cm³/mol. The minimum absolute atomic E-state index is 0.104. The summed E-state index contributed by atoms with van der Waals surface area (Å²) in [5.74, 6) is 0.376. The van der Waals surface area contributed by atoms with Crippen molar-refractivity contribution in [3.05, 3.63) is 53.6 Å². The Morgan fingerprint density at radius 2 is 2.00 bits per heavy atom. The summed E-state index contributed by atoms with van der Waals surface area (Å²) < 4.78 is 5.21. The van der Waals surface area contributed by atoms with Gasteiger partial charge in [-0.2, -0.15) is 0 Å². The zero-order chi connectivity index (χ0) is 16.2. The second-order valence-corrected chi connectivity index (χ2v) is 6.03. The maximum Gasteiger partial charge on any atom is 0.255 e. The molecule has 1 aromatic heterocycles. The monoisotopic (exact) mass is 299 g/mol. The fraction of sp³-hybridized carbons (Fsp3) is 0.353. The van der Waals surface area contributed by atoms with Crippen molar-refractivity contribution in [3.63, 3.8) is 0 Å². The lowest BCUT2D eigenvalue weighted by atomic mass is 9.89. The summed E-state index contributed by atoms with van der Waals surface area (Å²) in [5, 5.41) is 2.90. The molecule has 2 rings (SSSR count). The first-order valence-electron chi connectivity index (χ1n) is 7.14. The minimum atomic E-state index is -0.179. The molecule has 1 heterocycles. The van der Waals surface area contributed by atoms with Crippen LogP contribution in [-0.4, -0.2) is 23.0 Å². The molecule has 1 aromatic carbocycles. The number of rotatable bonds is 4. The molecule has 0 aliphatic carbocycles. The Morgan fingerprint density at radius 3 is 2.68 bits per heavy atom. The van der Waals surface area contributed by atoms with Crippen LogP contribution in [-0.2, 0) is 12.0 Å². The fourth-order valence-electron chi connectivity index (χ4n) is 2.27. The lowest BCUT2D eigenvalue weighted by molar-refractivity contribution is 0.0947. The van der Waals surface area contributed by atoms with Crippen LogP contribution in [0.4, 0.5) is 0 Å². The molecule has 0 unspecified atom stereocenters. The average Bonchev–Trinajstić information content (AvgIpc) is 2.52. The van der Waals surface area contributed by atoms with E-state index in [1.165, 1.54) is 6.33 Å². The van der Waals surface area contributed by atoms with E-state index in [0.717, 1.165) is 11.3 Å². The van der Waals surface area contributed by atoms with E-state index in [4.69, 9.17) is 4.74 Å². The molecule has 1 N–H and O–H groups in total. The number of nitrogens with zero attached hydrogens (tertiary/aromatic N) is 2. The molecule has 116 valence electrons. The molecule has 22 heavy (non-hydrogen) atoms. The lowest BCUT2D eigenvalue weighted by Gasteiger charge is -2.21. The first-order chi connectivity index (χ1) is 10.4. The minimum Gasteiger partial charge on any atom is -0.496 e. The lowest BCUT2D eigenvalue weighted by Crippen LogP contribution is -2.26. The van der Waals surface area contributed by atoms with Crippen molar-refractivity contribution in [2.24, 2.45) is 0 Å². The Bertz CT molecular complexity index is 663. The summed E-state index contributed by atoms with van der Waals surface area (Å²) >= 11 is 0. The van der Waals surface area contributed by atoms with Gasteiger partial charge in [0.05, 0.1) is 18.4 Å². The van der Waals surface area contributed by atoms with Crippen molar-refractivity contribution in [1.82, 2.24) is 15.3 Å². The Labute approximate surface area is 130 Å². The van der Waals surface area contributed by atoms with E-state index in [9.17, 15) is 4.79 Å². The van der Waals surface area contributed by atoms with E-state index in [1.807, 2.05) is 12.1 Å². The van der Waals surface area contributed by atoms with Gasteiger partial charge >= 0.3 is 0 Å². The highest BCUT2D eigenvalue weighted by Crippen LogP contribution is 2.23. The average molecular weight is 299 g/mol. The summed E-state index contributed by atoms with van der Waals surface area (Å²) in [6.45, 7) is 6.63. The third-order valence-electron chi connectivity index (χ3n) is 3.29. The SMILES string of the molecule is COc1ccccc1C(=O)NCc1cncnc1C(C)(C)C. The van der Waals surface area contributed by atoms with E-state index in [2.05, 4.69) is 36.1 Å². The molecule has 5 nitrogen and oxygen atoms in total.